The van der Waals surface area contributed by atoms with Gasteiger partial charge in [-0.2, -0.15) is 0 Å². The Kier molecular flexibility index (Phi) is 7.17. The molecule has 33 heavy (non-hydrogen) atoms. The van der Waals surface area contributed by atoms with Crippen LogP contribution in [0.1, 0.15) is 48.0 Å². The van der Waals surface area contributed by atoms with Crippen molar-refractivity contribution in [3.05, 3.63) is 60.7 Å². The number of likely N-dealkylation sites (tertiary alicyclic amines) is 1. The zero-order chi connectivity index (χ0) is 24.4. The fourth-order valence-electron chi connectivity index (χ4n) is 4.48. The molecule has 0 bridgehead atoms. The number of nitrogens with zero attached hydrogens (tertiary/aromatic N) is 1. The minimum Gasteiger partial charge on any atom is -0.443 e. The van der Waals surface area contributed by atoms with Crippen LogP contribution in [0.25, 0.3) is 0 Å². The van der Waals surface area contributed by atoms with Gasteiger partial charge in [0.25, 0.3) is 8.32 Å². The lowest BCUT2D eigenvalue weighted by Gasteiger charge is -2.44. The molecule has 6 nitrogen and oxygen atoms in total. The highest BCUT2D eigenvalue weighted by atomic mass is 28.4. The topological polar surface area (TPSA) is 76.1 Å². The second-order valence-corrected chi connectivity index (χ2v) is 14.9. The Morgan fingerprint density at radius 2 is 1.45 bits per heavy atom. The molecule has 178 valence electrons. The van der Waals surface area contributed by atoms with E-state index < -0.39 is 38.1 Å². The van der Waals surface area contributed by atoms with Gasteiger partial charge in [0, 0.05) is 0 Å². The Morgan fingerprint density at radius 1 is 0.970 bits per heavy atom. The molecule has 1 unspecified atom stereocenters. The van der Waals surface area contributed by atoms with Gasteiger partial charge < -0.3 is 14.3 Å². The van der Waals surface area contributed by atoms with Gasteiger partial charge in [0.2, 0.25) is 5.91 Å². The summed E-state index contributed by atoms with van der Waals surface area (Å²) in [5.41, 5.74) is -0.756. The fraction of sp³-hybridized carbons (Fsp3) is 0.462. The molecular weight excluding hydrogens is 434 g/mol. The molecule has 1 saturated heterocycles. The van der Waals surface area contributed by atoms with Gasteiger partial charge in [-0.25, -0.2) is 9.69 Å². The standard InChI is InChI=1S/C26H35NO5Si/c1-25(2,3)32-24(30)27-21(22(28)17-23(27)29)18-31-33(26(4,5)6,19-13-9-7-10-14-19)20-15-11-8-12-16-20/h7-16,21-22,28H,17-18H2,1-6H3/t21-,22?/m1/s1. The summed E-state index contributed by atoms with van der Waals surface area (Å²) in [7, 11) is -2.88. The first-order chi connectivity index (χ1) is 15.4. The second kappa shape index (κ2) is 9.41. The Balaban J connectivity index is 2.02. The predicted molar refractivity (Wildman–Crippen MR) is 131 cm³/mol. The summed E-state index contributed by atoms with van der Waals surface area (Å²) in [5.74, 6) is -0.451. The maximum atomic E-state index is 12.8. The van der Waals surface area contributed by atoms with Gasteiger partial charge in [0.1, 0.15) is 5.60 Å². The molecule has 1 heterocycles. The van der Waals surface area contributed by atoms with Gasteiger partial charge >= 0.3 is 6.09 Å². The van der Waals surface area contributed by atoms with Crippen LogP contribution < -0.4 is 10.4 Å². The third-order valence-corrected chi connectivity index (χ3v) is 10.9. The number of amides is 2. The van der Waals surface area contributed by atoms with Crippen LogP contribution in [0.3, 0.4) is 0 Å². The fourth-order valence-corrected chi connectivity index (χ4v) is 9.05. The Labute approximate surface area is 197 Å². The quantitative estimate of drug-likeness (QED) is 0.679. The van der Waals surface area contributed by atoms with E-state index in [1.54, 1.807) is 20.8 Å². The number of aliphatic hydroxyl groups excluding tert-OH is 1. The number of carbonyl (C=O) groups is 2. The number of aliphatic hydroxyl groups is 1. The summed E-state index contributed by atoms with van der Waals surface area (Å²) >= 11 is 0. The molecule has 2 atom stereocenters. The van der Waals surface area contributed by atoms with Crippen LogP contribution in [-0.4, -0.2) is 54.7 Å². The lowest BCUT2D eigenvalue weighted by atomic mass is 10.2. The van der Waals surface area contributed by atoms with Gasteiger partial charge in [0.05, 0.1) is 25.2 Å². The van der Waals surface area contributed by atoms with Crippen LogP contribution in [0.2, 0.25) is 5.04 Å². The third-order valence-electron chi connectivity index (χ3n) is 5.91. The number of hydrogen-bond acceptors (Lipinski definition) is 5. The van der Waals surface area contributed by atoms with E-state index in [0.29, 0.717) is 0 Å². The highest BCUT2D eigenvalue weighted by molar-refractivity contribution is 6.99. The largest absolute Gasteiger partial charge is 0.443 e. The molecule has 1 fully saturated rings. The number of hydrogen-bond donors (Lipinski definition) is 1. The first-order valence-electron chi connectivity index (χ1n) is 11.3. The monoisotopic (exact) mass is 469 g/mol. The van der Waals surface area contributed by atoms with Crippen molar-refractivity contribution in [2.24, 2.45) is 0 Å². The third kappa shape index (κ3) is 5.21. The molecule has 0 aromatic heterocycles. The molecule has 0 saturated carbocycles. The maximum Gasteiger partial charge on any atom is 0.417 e. The molecule has 2 amide bonds. The SMILES string of the molecule is CC(C)(C)OC(=O)N1C(=O)CC(O)[C@H]1CO[Si](c1ccccc1)(c1ccccc1)C(C)(C)C. The second-order valence-electron chi connectivity index (χ2n) is 10.6. The van der Waals surface area contributed by atoms with Crippen LogP contribution in [0.15, 0.2) is 60.7 Å². The first-order valence-corrected chi connectivity index (χ1v) is 13.3. The smallest absolute Gasteiger partial charge is 0.417 e. The zero-order valence-corrected chi connectivity index (χ0v) is 21.4. The van der Waals surface area contributed by atoms with Crippen molar-refractivity contribution < 1.29 is 23.9 Å². The van der Waals surface area contributed by atoms with Gasteiger partial charge in [0.15, 0.2) is 0 Å². The maximum absolute atomic E-state index is 12.8. The Hall–Kier alpha value is -2.48. The van der Waals surface area contributed by atoms with E-state index in [0.717, 1.165) is 15.3 Å². The van der Waals surface area contributed by atoms with E-state index in [4.69, 9.17) is 9.16 Å². The molecule has 1 N–H and O–H groups in total. The number of imide groups is 1. The van der Waals surface area contributed by atoms with Crippen LogP contribution in [-0.2, 0) is 14.0 Å². The van der Waals surface area contributed by atoms with Gasteiger partial charge in [-0.15, -0.1) is 0 Å². The van der Waals surface area contributed by atoms with Gasteiger partial charge in [-0.3, -0.25) is 4.79 Å². The van der Waals surface area contributed by atoms with E-state index in [-0.39, 0.29) is 18.1 Å². The van der Waals surface area contributed by atoms with Gasteiger partial charge in [-0.05, 0) is 36.2 Å². The number of carbonyl (C=O) groups excluding carboxylic acids is 2. The predicted octanol–water partition coefficient (Wildman–Crippen LogP) is 3.46. The highest BCUT2D eigenvalue weighted by Crippen LogP contribution is 2.37. The van der Waals surface area contributed by atoms with Crippen LogP contribution in [0, 0.1) is 0 Å². The van der Waals surface area contributed by atoms with Crippen molar-refractivity contribution in [3.63, 3.8) is 0 Å². The molecule has 0 aliphatic carbocycles. The first kappa shape index (κ1) is 25.1. The summed E-state index contributed by atoms with van der Waals surface area (Å²) < 4.78 is 12.3. The number of benzene rings is 2. The summed E-state index contributed by atoms with van der Waals surface area (Å²) in [5, 5.41) is 12.6. The summed E-state index contributed by atoms with van der Waals surface area (Å²) in [4.78, 5) is 26.5. The van der Waals surface area contributed by atoms with E-state index in [1.807, 2.05) is 36.4 Å². The molecule has 2 aromatic carbocycles. The average Bonchev–Trinajstić information content (AvgIpc) is 3.01. The Bertz CT molecular complexity index is 926. The molecule has 1 aliphatic rings. The van der Waals surface area contributed by atoms with E-state index in [2.05, 4.69) is 45.0 Å². The number of rotatable bonds is 5. The van der Waals surface area contributed by atoms with Crippen molar-refractivity contribution in [1.82, 2.24) is 4.90 Å². The van der Waals surface area contributed by atoms with Crippen molar-refractivity contribution in [3.8, 4) is 0 Å². The van der Waals surface area contributed by atoms with E-state index in [1.165, 1.54) is 0 Å². The molecule has 7 heteroatoms. The lowest BCUT2D eigenvalue weighted by Crippen LogP contribution is -2.67. The van der Waals surface area contributed by atoms with Crippen molar-refractivity contribution in [2.75, 3.05) is 6.61 Å². The molecule has 1 aliphatic heterocycles. The molecule has 3 rings (SSSR count). The highest BCUT2D eigenvalue weighted by Gasteiger charge is 2.52. The summed E-state index contributed by atoms with van der Waals surface area (Å²) in [6.07, 6.45) is -1.89. The van der Waals surface area contributed by atoms with Crippen LogP contribution >= 0.6 is 0 Å². The molecule has 2 aromatic rings. The normalized spacial score (nSPS) is 19.6. The summed E-state index contributed by atoms with van der Waals surface area (Å²) in [6, 6.07) is 19.4. The van der Waals surface area contributed by atoms with Crippen LogP contribution in [0.5, 0.6) is 0 Å². The van der Waals surface area contributed by atoms with E-state index in [9.17, 15) is 14.7 Å². The molecule has 0 radical (unpaired) electrons. The minimum absolute atomic E-state index is 0.0272. The van der Waals surface area contributed by atoms with Crippen LogP contribution in [0.4, 0.5) is 4.79 Å². The lowest BCUT2D eigenvalue weighted by molar-refractivity contribution is -0.128. The molecular formula is C26H35NO5Si. The minimum atomic E-state index is -2.88. The Morgan fingerprint density at radius 3 is 1.88 bits per heavy atom. The summed E-state index contributed by atoms with van der Waals surface area (Å²) in [6.45, 7) is 11.7. The van der Waals surface area contributed by atoms with Gasteiger partial charge in [-0.1, -0.05) is 81.4 Å². The number of ether oxygens (including phenoxy) is 1. The average molecular weight is 470 g/mol. The van der Waals surface area contributed by atoms with E-state index >= 15 is 0 Å². The van der Waals surface area contributed by atoms with Crippen molar-refractivity contribution >= 4 is 30.7 Å². The zero-order valence-electron chi connectivity index (χ0n) is 20.4. The van der Waals surface area contributed by atoms with Crippen molar-refractivity contribution in [2.45, 2.75) is 70.7 Å². The molecule has 0 spiro atoms. The van der Waals surface area contributed by atoms with Crippen molar-refractivity contribution in [1.29, 1.82) is 0 Å².